The van der Waals surface area contributed by atoms with Crippen LogP contribution in [0.5, 0.6) is 0 Å². The first-order chi connectivity index (χ1) is 9.65. The zero-order chi connectivity index (χ0) is 16.0. The molecule has 0 heterocycles. The number of hydrogen-bond acceptors (Lipinski definition) is 2. The Bertz CT molecular complexity index is 526. The van der Waals surface area contributed by atoms with Crippen molar-refractivity contribution >= 4 is 41.5 Å². The number of halogens is 4. The second-order valence-corrected chi connectivity index (χ2v) is 4.59. The van der Waals surface area contributed by atoms with Gasteiger partial charge in [0.1, 0.15) is 13.1 Å². The largest absolute Gasteiger partial charge is 0.405 e. The van der Waals surface area contributed by atoms with Gasteiger partial charge >= 0.3 is 6.18 Å². The predicted molar refractivity (Wildman–Crippen MR) is 90.5 cm³/mol. The number of aliphatic imine (C=N–C) groups is 1. The van der Waals surface area contributed by atoms with Crippen molar-refractivity contribution in [1.29, 1.82) is 0 Å². The van der Waals surface area contributed by atoms with Crippen LogP contribution in [0.1, 0.15) is 11.1 Å². The summed E-state index contributed by atoms with van der Waals surface area (Å²) >= 11 is 0. The maximum Gasteiger partial charge on any atom is 0.405 e. The van der Waals surface area contributed by atoms with Crippen molar-refractivity contribution in [2.75, 3.05) is 18.4 Å². The Hall–Kier alpha value is -1.52. The number of benzene rings is 1. The summed E-state index contributed by atoms with van der Waals surface area (Å²) in [5, 5.41) is 4.48. The topological polar surface area (TPSA) is 79.5 Å². The molecule has 9 heteroatoms. The molecule has 0 bridgehead atoms. The molecule has 0 saturated heterocycles. The molecule has 0 aliphatic heterocycles. The third-order valence-corrected chi connectivity index (χ3v) is 2.37. The minimum Gasteiger partial charge on any atom is -0.370 e. The van der Waals surface area contributed by atoms with E-state index in [4.69, 9.17) is 5.73 Å². The second-order valence-electron chi connectivity index (χ2n) is 4.59. The molecule has 5 nitrogen and oxygen atoms in total. The summed E-state index contributed by atoms with van der Waals surface area (Å²) in [5.74, 6) is -0.889. The fourth-order valence-corrected chi connectivity index (χ4v) is 1.65. The van der Waals surface area contributed by atoms with E-state index >= 15 is 0 Å². The number of carbonyl (C=O) groups excluding carboxylic acids is 1. The van der Waals surface area contributed by atoms with Gasteiger partial charge in [-0.25, -0.2) is 4.99 Å². The van der Waals surface area contributed by atoms with Crippen LogP contribution < -0.4 is 16.4 Å². The molecule has 0 aromatic heterocycles. The average molecular weight is 430 g/mol. The van der Waals surface area contributed by atoms with Crippen LogP contribution in [-0.4, -0.2) is 31.1 Å². The Morgan fingerprint density at radius 2 is 1.77 bits per heavy atom. The number of hydrogen-bond donors (Lipinski definition) is 3. The Labute approximate surface area is 143 Å². The normalized spacial score (nSPS) is 11.6. The van der Waals surface area contributed by atoms with E-state index in [1.165, 1.54) is 0 Å². The lowest BCUT2D eigenvalue weighted by molar-refractivity contribution is -0.137. The molecular formula is C13H18F3IN4O. The maximum absolute atomic E-state index is 11.9. The Balaban J connectivity index is 0.00000441. The standard InChI is InChI=1S/C13H17F3N4O.HI/c1-8-3-9(2)5-10(4-8)20-12(17)18-6-11(21)19-7-13(14,15)16;/h3-5H,6-7H2,1-2H3,(H,19,21)(H3,17,18,20);1H. The number of alkyl halides is 3. The first-order valence-corrected chi connectivity index (χ1v) is 6.14. The number of anilines is 1. The number of nitrogens with zero attached hydrogens (tertiary/aromatic N) is 1. The van der Waals surface area contributed by atoms with E-state index in [0.717, 1.165) is 11.1 Å². The van der Waals surface area contributed by atoms with Gasteiger partial charge in [-0.15, -0.1) is 24.0 Å². The molecule has 0 atom stereocenters. The van der Waals surface area contributed by atoms with Gasteiger partial charge in [0.2, 0.25) is 5.91 Å². The van der Waals surface area contributed by atoms with Crippen molar-refractivity contribution in [3.05, 3.63) is 29.3 Å². The molecule has 0 spiro atoms. The van der Waals surface area contributed by atoms with E-state index < -0.39 is 25.2 Å². The van der Waals surface area contributed by atoms with Crippen LogP contribution in [0.15, 0.2) is 23.2 Å². The van der Waals surface area contributed by atoms with Crippen molar-refractivity contribution in [2.45, 2.75) is 20.0 Å². The molecule has 124 valence electrons. The summed E-state index contributed by atoms with van der Waals surface area (Å²) in [5.41, 5.74) is 8.31. The Morgan fingerprint density at radius 1 is 1.23 bits per heavy atom. The highest BCUT2D eigenvalue weighted by atomic mass is 127. The van der Waals surface area contributed by atoms with Crippen molar-refractivity contribution < 1.29 is 18.0 Å². The lowest BCUT2D eigenvalue weighted by atomic mass is 10.1. The van der Waals surface area contributed by atoms with Crippen LogP contribution in [0.25, 0.3) is 0 Å². The third kappa shape index (κ3) is 8.70. The van der Waals surface area contributed by atoms with Crippen LogP contribution in [-0.2, 0) is 4.79 Å². The van der Waals surface area contributed by atoms with Gasteiger partial charge < -0.3 is 16.4 Å². The van der Waals surface area contributed by atoms with Gasteiger partial charge in [-0.2, -0.15) is 13.2 Å². The van der Waals surface area contributed by atoms with Gasteiger partial charge in [-0.1, -0.05) is 6.07 Å². The number of rotatable bonds is 4. The smallest absolute Gasteiger partial charge is 0.370 e. The highest BCUT2D eigenvalue weighted by Gasteiger charge is 2.27. The number of guanidine groups is 1. The molecular weight excluding hydrogens is 412 g/mol. The first kappa shape index (κ1) is 20.5. The first-order valence-electron chi connectivity index (χ1n) is 6.14. The summed E-state index contributed by atoms with van der Waals surface area (Å²) in [7, 11) is 0. The van der Waals surface area contributed by atoms with E-state index in [9.17, 15) is 18.0 Å². The highest BCUT2D eigenvalue weighted by Crippen LogP contribution is 2.13. The molecule has 0 unspecified atom stereocenters. The minimum absolute atomic E-state index is 0. The zero-order valence-electron chi connectivity index (χ0n) is 12.1. The summed E-state index contributed by atoms with van der Waals surface area (Å²) in [6, 6.07) is 5.64. The van der Waals surface area contributed by atoms with Gasteiger partial charge in [0, 0.05) is 5.69 Å². The average Bonchev–Trinajstić information content (AvgIpc) is 2.31. The number of nitrogens with one attached hydrogen (secondary N) is 2. The quantitative estimate of drug-likeness (QED) is 0.390. The fourth-order valence-electron chi connectivity index (χ4n) is 1.65. The number of nitrogens with two attached hydrogens (primary N) is 1. The molecule has 1 aromatic rings. The van der Waals surface area contributed by atoms with Gasteiger partial charge in [-0.3, -0.25) is 4.79 Å². The molecule has 1 aromatic carbocycles. The van der Waals surface area contributed by atoms with Gasteiger partial charge in [0.15, 0.2) is 5.96 Å². The summed E-state index contributed by atoms with van der Waals surface area (Å²) in [6.07, 6.45) is -4.44. The molecule has 0 saturated carbocycles. The van der Waals surface area contributed by atoms with Gasteiger partial charge in [0.25, 0.3) is 0 Å². The summed E-state index contributed by atoms with van der Waals surface area (Å²) in [4.78, 5) is 14.8. The molecule has 0 radical (unpaired) electrons. The highest BCUT2D eigenvalue weighted by molar-refractivity contribution is 14.0. The van der Waals surface area contributed by atoms with Crippen LogP contribution in [0.2, 0.25) is 0 Å². The van der Waals surface area contributed by atoms with E-state index in [1.54, 1.807) is 5.32 Å². The van der Waals surface area contributed by atoms with Crippen LogP contribution in [0, 0.1) is 13.8 Å². The molecule has 0 aliphatic carbocycles. The monoisotopic (exact) mass is 430 g/mol. The van der Waals surface area contributed by atoms with Crippen molar-refractivity contribution in [1.82, 2.24) is 5.32 Å². The molecule has 4 N–H and O–H groups in total. The van der Waals surface area contributed by atoms with Crippen LogP contribution >= 0.6 is 24.0 Å². The van der Waals surface area contributed by atoms with Gasteiger partial charge in [0.05, 0.1) is 0 Å². The van der Waals surface area contributed by atoms with Gasteiger partial charge in [-0.05, 0) is 37.1 Å². The van der Waals surface area contributed by atoms with Crippen molar-refractivity contribution in [3.8, 4) is 0 Å². The van der Waals surface area contributed by atoms with E-state index in [-0.39, 0.29) is 29.9 Å². The second kappa shape index (κ2) is 8.81. The van der Waals surface area contributed by atoms with E-state index in [0.29, 0.717) is 5.69 Å². The lowest BCUT2D eigenvalue weighted by Gasteiger charge is -2.09. The van der Waals surface area contributed by atoms with E-state index in [1.807, 2.05) is 32.0 Å². The van der Waals surface area contributed by atoms with Crippen molar-refractivity contribution in [2.24, 2.45) is 10.7 Å². The molecule has 1 rings (SSSR count). The summed E-state index contributed by atoms with van der Waals surface area (Å²) < 4.78 is 35.7. The molecule has 0 aliphatic rings. The molecule has 22 heavy (non-hydrogen) atoms. The number of aryl methyl sites for hydroxylation is 2. The number of carbonyl (C=O) groups is 1. The van der Waals surface area contributed by atoms with Crippen molar-refractivity contribution in [3.63, 3.8) is 0 Å². The zero-order valence-corrected chi connectivity index (χ0v) is 14.5. The minimum atomic E-state index is -4.44. The van der Waals surface area contributed by atoms with Crippen LogP contribution in [0.3, 0.4) is 0 Å². The predicted octanol–water partition coefficient (Wildman–Crippen LogP) is 2.33. The Morgan fingerprint density at radius 3 is 2.27 bits per heavy atom. The maximum atomic E-state index is 11.9. The fraction of sp³-hybridized carbons (Fsp3) is 0.385. The van der Waals surface area contributed by atoms with Crippen LogP contribution in [0.4, 0.5) is 18.9 Å². The lowest BCUT2D eigenvalue weighted by Crippen LogP contribution is -2.35. The number of amides is 1. The van der Waals surface area contributed by atoms with E-state index in [2.05, 4.69) is 10.3 Å². The SMILES string of the molecule is Cc1cc(C)cc(NC(N)=NCC(=O)NCC(F)(F)F)c1.I. The molecule has 1 amide bonds. The Kier molecular flexibility index (Phi) is 8.20. The molecule has 0 fully saturated rings. The summed E-state index contributed by atoms with van der Waals surface area (Å²) in [6.45, 7) is 1.97. The third-order valence-electron chi connectivity index (χ3n) is 2.37.